The van der Waals surface area contributed by atoms with Crippen LogP contribution in [0.2, 0.25) is 0 Å². The Morgan fingerprint density at radius 1 is 1.44 bits per heavy atom. The van der Waals surface area contributed by atoms with Crippen molar-refractivity contribution in [2.45, 2.75) is 13.3 Å². The summed E-state index contributed by atoms with van der Waals surface area (Å²) in [6.07, 6.45) is 1.20. The zero-order chi connectivity index (χ0) is 13.0. The molecule has 1 heterocycles. The number of hydrogen-bond donors (Lipinski definition) is 1. The number of benzene rings is 1. The fourth-order valence-electron chi connectivity index (χ4n) is 2.22. The zero-order valence-electron chi connectivity index (χ0n) is 10.6. The fourth-order valence-corrected chi connectivity index (χ4v) is 3.49. The number of rotatable bonds is 5. The van der Waals surface area contributed by atoms with Crippen LogP contribution < -0.4 is 4.90 Å². The molecule has 0 radical (unpaired) electrons. The molecule has 1 aromatic rings. The topological polar surface area (TPSA) is 40.5 Å². The second-order valence-electron chi connectivity index (χ2n) is 4.84. The van der Waals surface area contributed by atoms with Crippen molar-refractivity contribution in [2.75, 3.05) is 29.5 Å². The average molecular weight is 265 g/mol. The lowest BCUT2D eigenvalue weighted by atomic mass is 10.1. The van der Waals surface area contributed by atoms with Crippen LogP contribution in [0.15, 0.2) is 24.3 Å². The Morgan fingerprint density at radius 3 is 2.72 bits per heavy atom. The summed E-state index contributed by atoms with van der Waals surface area (Å²) in [5, 5.41) is 9.03. The summed E-state index contributed by atoms with van der Waals surface area (Å²) in [5.41, 5.74) is 2.21. The molecule has 1 unspecified atom stereocenters. The van der Waals surface area contributed by atoms with Gasteiger partial charge in [0, 0.05) is 12.2 Å². The van der Waals surface area contributed by atoms with E-state index in [1.165, 1.54) is 17.7 Å². The van der Waals surface area contributed by atoms with E-state index in [0.29, 0.717) is 5.92 Å². The number of hydrogen-bond acceptors (Lipinski definition) is 3. The largest absolute Gasteiger partial charge is 0.480 e. The maximum absolute atomic E-state index is 11.0. The quantitative estimate of drug-likeness (QED) is 0.888. The third-order valence-electron chi connectivity index (χ3n) is 3.23. The van der Waals surface area contributed by atoms with Gasteiger partial charge in [-0.3, -0.25) is 4.79 Å². The molecule has 0 saturated carbocycles. The molecular weight excluding hydrogens is 246 g/mol. The Balaban J connectivity index is 2.07. The second-order valence-corrected chi connectivity index (χ2v) is 5.99. The van der Waals surface area contributed by atoms with E-state index < -0.39 is 5.97 Å². The summed E-state index contributed by atoms with van der Waals surface area (Å²) in [5.74, 6) is 2.22. The molecule has 1 N–H and O–H groups in total. The lowest BCUT2D eigenvalue weighted by Crippen LogP contribution is -2.34. The minimum Gasteiger partial charge on any atom is -0.480 e. The Morgan fingerprint density at radius 2 is 2.17 bits per heavy atom. The summed E-state index contributed by atoms with van der Waals surface area (Å²) in [7, 11) is 0. The Bertz CT molecular complexity index is 399. The molecule has 98 valence electrons. The first-order valence-electron chi connectivity index (χ1n) is 6.26. The fraction of sp³-hybridized carbons (Fsp3) is 0.500. The molecule has 1 fully saturated rings. The second kappa shape index (κ2) is 6.14. The zero-order valence-corrected chi connectivity index (χ0v) is 11.4. The van der Waals surface area contributed by atoms with E-state index in [1.807, 2.05) is 47.9 Å². The van der Waals surface area contributed by atoms with Gasteiger partial charge in [0.2, 0.25) is 0 Å². The Kier molecular flexibility index (Phi) is 4.53. The lowest BCUT2D eigenvalue weighted by molar-refractivity contribution is -0.135. The Labute approximate surface area is 112 Å². The van der Waals surface area contributed by atoms with E-state index in [2.05, 4.69) is 0 Å². The van der Waals surface area contributed by atoms with Crippen LogP contribution in [0, 0.1) is 12.8 Å². The predicted molar refractivity (Wildman–Crippen MR) is 76.5 cm³/mol. The maximum atomic E-state index is 11.0. The minimum absolute atomic E-state index is 0.0875. The van der Waals surface area contributed by atoms with Gasteiger partial charge in [0.15, 0.2) is 0 Å². The van der Waals surface area contributed by atoms with Gasteiger partial charge in [-0.15, -0.1) is 0 Å². The van der Waals surface area contributed by atoms with Crippen LogP contribution >= 0.6 is 11.8 Å². The van der Waals surface area contributed by atoms with Gasteiger partial charge >= 0.3 is 5.97 Å². The van der Waals surface area contributed by atoms with Crippen molar-refractivity contribution in [3.63, 3.8) is 0 Å². The normalized spacial score (nSPS) is 18.8. The van der Waals surface area contributed by atoms with Crippen LogP contribution in [-0.4, -0.2) is 35.7 Å². The van der Waals surface area contributed by atoms with Gasteiger partial charge in [-0.05, 0) is 42.9 Å². The molecule has 0 amide bonds. The summed E-state index contributed by atoms with van der Waals surface area (Å²) in [4.78, 5) is 13.0. The highest BCUT2D eigenvalue weighted by atomic mass is 32.2. The first-order valence-corrected chi connectivity index (χ1v) is 7.42. The third-order valence-corrected chi connectivity index (χ3v) is 4.46. The number of carboxylic acids is 1. The number of anilines is 1. The smallest absolute Gasteiger partial charge is 0.323 e. The lowest BCUT2D eigenvalue weighted by Gasteiger charge is -2.26. The van der Waals surface area contributed by atoms with Crippen LogP contribution in [0.1, 0.15) is 12.0 Å². The van der Waals surface area contributed by atoms with Crippen LogP contribution in [0.25, 0.3) is 0 Å². The number of aliphatic carboxylic acids is 1. The summed E-state index contributed by atoms with van der Waals surface area (Å²) in [6, 6.07) is 8.10. The monoisotopic (exact) mass is 265 g/mol. The van der Waals surface area contributed by atoms with Gasteiger partial charge < -0.3 is 10.0 Å². The number of aryl methyl sites for hydroxylation is 1. The highest BCUT2D eigenvalue weighted by Gasteiger charge is 2.20. The molecule has 0 aromatic heterocycles. The minimum atomic E-state index is -0.763. The summed E-state index contributed by atoms with van der Waals surface area (Å²) < 4.78 is 0. The molecule has 1 aromatic carbocycles. The molecule has 18 heavy (non-hydrogen) atoms. The van der Waals surface area contributed by atoms with Crippen molar-refractivity contribution < 1.29 is 9.90 Å². The SMILES string of the molecule is Cc1ccc(N(CC(=O)O)CC2CCSC2)cc1. The molecule has 3 nitrogen and oxygen atoms in total. The number of thioether (sulfide) groups is 1. The van der Waals surface area contributed by atoms with Gasteiger partial charge in [0.25, 0.3) is 0 Å². The van der Waals surface area contributed by atoms with E-state index in [-0.39, 0.29) is 6.54 Å². The van der Waals surface area contributed by atoms with Gasteiger partial charge in [-0.1, -0.05) is 17.7 Å². The molecule has 1 saturated heterocycles. The van der Waals surface area contributed by atoms with E-state index in [1.54, 1.807) is 0 Å². The van der Waals surface area contributed by atoms with Crippen molar-refractivity contribution in [3.8, 4) is 0 Å². The molecule has 1 atom stereocenters. The highest BCUT2D eigenvalue weighted by molar-refractivity contribution is 7.99. The van der Waals surface area contributed by atoms with Crippen molar-refractivity contribution in [1.82, 2.24) is 0 Å². The van der Waals surface area contributed by atoms with Gasteiger partial charge in [0.1, 0.15) is 6.54 Å². The van der Waals surface area contributed by atoms with E-state index in [0.717, 1.165) is 18.0 Å². The van der Waals surface area contributed by atoms with Crippen molar-refractivity contribution in [2.24, 2.45) is 5.92 Å². The Hall–Kier alpha value is -1.16. The van der Waals surface area contributed by atoms with Gasteiger partial charge in [-0.2, -0.15) is 11.8 Å². The van der Waals surface area contributed by atoms with Crippen molar-refractivity contribution in [1.29, 1.82) is 0 Å². The standard InChI is InChI=1S/C14H19NO2S/c1-11-2-4-13(5-3-11)15(9-14(16)17)8-12-6-7-18-10-12/h2-5,12H,6-10H2,1H3,(H,16,17). The van der Waals surface area contributed by atoms with Crippen LogP contribution in [0.5, 0.6) is 0 Å². The molecular formula is C14H19NO2S. The molecule has 1 aliphatic heterocycles. The van der Waals surface area contributed by atoms with E-state index in [9.17, 15) is 4.79 Å². The first-order chi connectivity index (χ1) is 8.65. The molecule has 2 rings (SSSR count). The van der Waals surface area contributed by atoms with Crippen LogP contribution in [0.4, 0.5) is 5.69 Å². The molecule has 1 aliphatic rings. The highest BCUT2D eigenvalue weighted by Crippen LogP contribution is 2.26. The third kappa shape index (κ3) is 3.67. The number of carbonyl (C=O) groups is 1. The van der Waals surface area contributed by atoms with Crippen LogP contribution in [0.3, 0.4) is 0 Å². The summed E-state index contributed by atoms with van der Waals surface area (Å²) >= 11 is 1.97. The number of nitrogens with zero attached hydrogens (tertiary/aromatic N) is 1. The van der Waals surface area contributed by atoms with Gasteiger partial charge in [0.05, 0.1) is 0 Å². The average Bonchev–Trinajstić information content (AvgIpc) is 2.81. The van der Waals surface area contributed by atoms with Gasteiger partial charge in [-0.25, -0.2) is 0 Å². The van der Waals surface area contributed by atoms with Crippen LogP contribution in [-0.2, 0) is 4.79 Å². The molecule has 4 heteroatoms. The van der Waals surface area contributed by atoms with Crippen molar-refractivity contribution >= 4 is 23.4 Å². The van der Waals surface area contributed by atoms with Crippen molar-refractivity contribution in [3.05, 3.63) is 29.8 Å². The summed E-state index contributed by atoms with van der Waals surface area (Å²) in [6.45, 7) is 2.98. The first kappa shape index (κ1) is 13.3. The molecule has 0 bridgehead atoms. The maximum Gasteiger partial charge on any atom is 0.323 e. The molecule has 0 aliphatic carbocycles. The molecule has 0 spiro atoms. The number of carboxylic acid groups (broad SMARTS) is 1. The van der Waals surface area contributed by atoms with E-state index >= 15 is 0 Å². The van der Waals surface area contributed by atoms with E-state index in [4.69, 9.17) is 5.11 Å². The predicted octanol–water partition coefficient (Wildman–Crippen LogP) is 2.64.